The fourth-order valence-electron chi connectivity index (χ4n) is 2.75. The van der Waals surface area contributed by atoms with Crippen LogP contribution < -0.4 is 5.73 Å². The molecule has 0 amide bonds. The summed E-state index contributed by atoms with van der Waals surface area (Å²) in [6.45, 7) is 7.50. The van der Waals surface area contributed by atoms with Crippen molar-refractivity contribution >= 4 is 0 Å². The quantitative estimate of drug-likeness (QED) is 0.850. The molecular weight excluding hydrogens is 224 g/mol. The number of nitrogens with zero attached hydrogens (tertiary/aromatic N) is 1. The number of hydrogen-bond acceptors (Lipinski definition) is 3. The van der Waals surface area contributed by atoms with Crippen LogP contribution in [0, 0.1) is 5.41 Å². The summed E-state index contributed by atoms with van der Waals surface area (Å²) < 4.78 is 0. The molecule has 3 nitrogen and oxygen atoms in total. The maximum atomic E-state index is 10.8. The zero-order valence-electron chi connectivity index (χ0n) is 11.4. The van der Waals surface area contributed by atoms with Crippen molar-refractivity contribution in [3.8, 4) is 0 Å². The van der Waals surface area contributed by atoms with Crippen LogP contribution in [0.4, 0.5) is 0 Å². The highest BCUT2D eigenvalue weighted by Crippen LogP contribution is 2.31. The molecule has 1 heterocycles. The Hall–Kier alpha value is -0.900. The number of nitrogens with two attached hydrogens (primary N) is 1. The number of rotatable bonds is 4. The largest absolute Gasteiger partial charge is 0.382 e. The zero-order chi connectivity index (χ0) is 13.2. The summed E-state index contributed by atoms with van der Waals surface area (Å²) >= 11 is 0. The highest BCUT2D eigenvalue weighted by molar-refractivity contribution is 5.23. The van der Waals surface area contributed by atoms with Gasteiger partial charge in [-0.1, -0.05) is 44.2 Å². The van der Waals surface area contributed by atoms with Gasteiger partial charge in [0.2, 0.25) is 0 Å². The van der Waals surface area contributed by atoms with Gasteiger partial charge < -0.3 is 10.8 Å². The van der Waals surface area contributed by atoms with E-state index in [0.717, 1.165) is 18.7 Å². The van der Waals surface area contributed by atoms with Crippen LogP contribution in [0.5, 0.6) is 0 Å². The summed E-state index contributed by atoms with van der Waals surface area (Å²) in [5, 5.41) is 10.8. The first-order valence-electron chi connectivity index (χ1n) is 6.66. The molecule has 0 spiro atoms. The van der Waals surface area contributed by atoms with Crippen molar-refractivity contribution in [2.24, 2.45) is 11.1 Å². The van der Waals surface area contributed by atoms with E-state index >= 15 is 0 Å². The predicted molar refractivity (Wildman–Crippen MR) is 74.2 cm³/mol. The Morgan fingerprint density at radius 2 is 2.00 bits per heavy atom. The normalized spacial score (nSPS) is 22.9. The Bertz CT molecular complexity index is 391. The molecule has 0 saturated carbocycles. The molecule has 1 aromatic rings. The van der Waals surface area contributed by atoms with E-state index < -0.39 is 5.60 Å². The summed E-state index contributed by atoms with van der Waals surface area (Å²) in [4.78, 5) is 2.32. The van der Waals surface area contributed by atoms with Crippen LogP contribution in [0.3, 0.4) is 0 Å². The third-order valence-electron chi connectivity index (χ3n) is 3.89. The molecule has 1 aliphatic heterocycles. The van der Waals surface area contributed by atoms with Gasteiger partial charge in [-0.2, -0.15) is 0 Å². The van der Waals surface area contributed by atoms with E-state index in [-0.39, 0.29) is 6.54 Å². The van der Waals surface area contributed by atoms with Crippen molar-refractivity contribution in [2.75, 3.05) is 26.2 Å². The predicted octanol–water partition coefficient (Wildman–Crippen LogP) is 1.56. The molecule has 3 heteroatoms. The average Bonchev–Trinajstić information content (AvgIpc) is 2.69. The third-order valence-corrected chi connectivity index (χ3v) is 3.89. The maximum absolute atomic E-state index is 10.8. The lowest BCUT2D eigenvalue weighted by Gasteiger charge is -2.32. The van der Waals surface area contributed by atoms with Crippen molar-refractivity contribution in [1.29, 1.82) is 0 Å². The van der Waals surface area contributed by atoms with Gasteiger partial charge in [0.1, 0.15) is 5.60 Å². The Morgan fingerprint density at radius 1 is 1.33 bits per heavy atom. The van der Waals surface area contributed by atoms with Gasteiger partial charge in [0.25, 0.3) is 0 Å². The van der Waals surface area contributed by atoms with Crippen molar-refractivity contribution in [3.63, 3.8) is 0 Å². The SMILES string of the molecule is CC1(C)CCN(CC(O)(CN)c2ccccc2)C1. The molecule has 2 rings (SSSR count). The minimum atomic E-state index is -0.929. The topological polar surface area (TPSA) is 49.5 Å². The van der Waals surface area contributed by atoms with Crippen molar-refractivity contribution in [1.82, 2.24) is 4.90 Å². The van der Waals surface area contributed by atoms with Crippen LogP contribution in [0.1, 0.15) is 25.8 Å². The average molecular weight is 248 g/mol. The van der Waals surface area contributed by atoms with Crippen LogP contribution in [-0.4, -0.2) is 36.2 Å². The first-order chi connectivity index (χ1) is 8.45. The maximum Gasteiger partial charge on any atom is 0.114 e. The lowest BCUT2D eigenvalue weighted by Crippen LogP contribution is -2.45. The highest BCUT2D eigenvalue weighted by atomic mass is 16.3. The van der Waals surface area contributed by atoms with E-state index in [1.807, 2.05) is 30.3 Å². The first kappa shape index (κ1) is 13.5. The summed E-state index contributed by atoms with van der Waals surface area (Å²) in [6, 6.07) is 9.76. The van der Waals surface area contributed by atoms with Gasteiger partial charge in [-0.05, 0) is 23.9 Å². The van der Waals surface area contributed by atoms with E-state index in [2.05, 4.69) is 18.7 Å². The molecular formula is C15H24N2O. The van der Waals surface area contributed by atoms with Crippen molar-refractivity contribution in [2.45, 2.75) is 25.9 Å². The van der Waals surface area contributed by atoms with Gasteiger partial charge in [-0.15, -0.1) is 0 Å². The monoisotopic (exact) mass is 248 g/mol. The van der Waals surface area contributed by atoms with Gasteiger partial charge in [0.15, 0.2) is 0 Å². The molecule has 1 unspecified atom stereocenters. The van der Waals surface area contributed by atoms with Crippen LogP contribution >= 0.6 is 0 Å². The molecule has 100 valence electrons. The third kappa shape index (κ3) is 2.91. The Morgan fingerprint density at radius 3 is 2.50 bits per heavy atom. The van der Waals surface area contributed by atoms with E-state index in [0.29, 0.717) is 12.0 Å². The smallest absolute Gasteiger partial charge is 0.114 e. The highest BCUT2D eigenvalue weighted by Gasteiger charge is 2.35. The molecule has 1 atom stereocenters. The summed E-state index contributed by atoms with van der Waals surface area (Å²) in [5.41, 5.74) is 6.15. The zero-order valence-corrected chi connectivity index (χ0v) is 11.4. The van der Waals surface area contributed by atoms with Gasteiger partial charge in [0.05, 0.1) is 0 Å². The molecule has 3 N–H and O–H groups in total. The van der Waals surface area contributed by atoms with Crippen LogP contribution in [0.25, 0.3) is 0 Å². The van der Waals surface area contributed by atoms with E-state index in [9.17, 15) is 5.11 Å². The van der Waals surface area contributed by atoms with Gasteiger partial charge in [0, 0.05) is 19.6 Å². The van der Waals surface area contributed by atoms with E-state index in [1.165, 1.54) is 6.42 Å². The lowest BCUT2D eigenvalue weighted by atomic mass is 9.92. The minimum Gasteiger partial charge on any atom is -0.382 e. The van der Waals surface area contributed by atoms with Crippen LogP contribution in [0.2, 0.25) is 0 Å². The molecule has 18 heavy (non-hydrogen) atoms. The minimum absolute atomic E-state index is 0.258. The second-order valence-corrected chi connectivity index (χ2v) is 6.23. The number of hydrogen-bond donors (Lipinski definition) is 2. The fourth-order valence-corrected chi connectivity index (χ4v) is 2.75. The Balaban J connectivity index is 2.10. The number of likely N-dealkylation sites (tertiary alicyclic amines) is 1. The standard InChI is InChI=1S/C15H24N2O/c1-14(2)8-9-17(11-14)12-15(18,10-16)13-6-4-3-5-7-13/h3-7,18H,8-12,16H2,1-2H3. The summed E-state index contributed by atoms with van der Waals surface area (Å²) in [5.74, 6) is 0. The van der Waals surface area contributed by atoms with Crippen LogP contribution in [-0.2, 0) is 5.60 Å². The van der Waals surface area contributed by atoms with E-state index in [4.69, 9.17) is 5.73 Å². The molecule has 1 aliphatic rings. The Kier molecular flexibility index (Phi) is 3.76. The molecule has 1 aromatic carbocycles. The van der Waals surface area contributed by atoms with Gasteiger partial charge in [-0.3, -0.25) is 4.90 Å². The molecule has 0 bridgehead atoms. The lowest BCUT2D eigenvalue weighted by molar-refractivity contribution is 0.0110. The van der Waals surface area contributed by atoms with Crippen molar-refractivity contribution < 1.29 is 5.11 Å². The van der Waals surface area contributed by atoms with Gasteiger partial charge >= 0.3 is 0 Å². The van der Waals surface area contributed by atoms with Crippen molar-refractivity contribution in [3.05, 3.63) is 35.9 Å². The second kappa shape index (κ2) is 5.00. The van der Waals surface area contributed by atoms with Crippen LogP contribution in [0.15, 0.2) is 30.3 Å². The number of benzene rings is 1. The van der Waals surface area contributed by atoms with Gasteiger partial charge in [-0.25, -0.2) is 0 Å². The van der Waals surface area contributed by atoms with E-state index in [1.54, 1.807) is 0 Å². The Labute approximate surface area is 110 Å². The molecule has 1 saturated heterocycles. The number of β-amino-alcohol motifs (C(OH)–C–C–N with tert-alkyl or cyclic N) is 1. The summed E-state index contributed by atoms with van der Waals surface area (Å²) in [6.07, 6.45) is 1.18. The first-order valence-corrected chi connectivity index (χ1v) is 6.66. The fraction of sp³-hybridized carbons (Fsp3) is 0.600. The molecule has 0 radical (unpaired) electrons. The second-order valence-electron chi connectivity index (χ2n) is 6.23. The molecule has 0 aliphatic carbocycles. The molecule has 0 aromatic heterocycles. The number of aliphatic hydroxyl groups is 1. The molecule has 1 fully saturated rings. The summed E-state index contributed by atoms with van der Waals surface area (Å²) in [7, 11) is 0.